The van der Waals surface area contributed by atoms with Gasteiger partial charge < -0.3 is 15.7 Å². The number of nitrogens with one attached hydrogen (secondary N) is 2. The summed E-state index contributed by atoms with van der Waals surface area (Å²) in [6.45, 7) is 5.50. The first-order chi connectivity index (χ1) is 8.32. The van der Waals surface area contributed by atoms with Crippen LogP contribution < -0.4 is 10.6 Å². The molecular weight excluding hydrogens is 236 g/mol. The van der Waals surface area contributed by atoms with Crippen LogP contribution in [-0.2, 0) is 14.4 Å². The molecule has 0 radical (unpaired) electrons. The summed E-state index contributed by atoms with van der Waals surface area (Å²) in [5, 5.41) is 13.6. The molecular formula is C12H22N2O4. The second-order valence-corrected chi connectivity index (χ2v) is 4.75. The van der Waals surface area contributed by atoms with E-state index in [1.807, 2.05) is 13.8 Å². The van der Waals surface area contributed by atoms with Crippen LogP contribution in [0.2, 0.25) is 0 Å². The number of carboxylic acid groups (broad SMARTS) is 1. The lowest BCUT2D eigenvalue weighted by atomic mass is 10.1. The average Bonchev–Trinajstić information content (AvgIpc) is 2.30. The zero-order valence-corrected chi connectivity index (χ0v) is 11.2. The highest BCUT2D eigenvalue weighted by Crippen LogP contribution is 2.02. The maximum Gasteiger partial charge on any atom is 0.308 e. The Morgan fingerprint density at radius 3 is 2.17 bits per heavy atom. The fourth-order valence-electron chi connectivity index (χ4n) is 1.10. The van der Waals surface area contributed by atoms with Crippen LogP contribution in [0.1, 0.15) is 33.6 Å². The Labute approximate surface area is 107 Å². The van der Waals surface area contributed by atoms with Gasteiger partial charge in [-0.3, -0.25) is 14.4 Å². The Kier molecular flexibility index (Phi) is 7.74. The van der Waals surface area contributed by atoms with E-state index in [2.05, 4.69) is 10.6 Å². The van der Waals surface area contributed by atoms with Gasteiger partial charge in [-0.15, -0.1) is 0 Å². The fraction of sp³-hybridized carbons (Fsp3) is 0.750. The number of aliphatic carboxylic acids is 1. The predicted molar refractivity (Wildman–Crippen MR) is 66.9 cm³/mol. The van der Waals surface area contributed by atoms with E-state index in [0.717, 1.165) is 6.42 Å². The normalized spacial score (nSPS) is 12.0. The maximum absolute atomic E-state index is 11.3. The lowest BCUT2D eigenvalue weighted by molar-refractivity contribution is -0.141. The molecule has 0 saturated carbocycles. The van der Waals surface area contributed by atoms with E-state index in [9.17, 15) is 14.4 Å². The van der Waals surface area contributed by atoms with E-state index < -0.39 is 11.9 Å². The van der Waals surface area contributed by atoms with Crippen LogP contribution in [0, 0.1) is 11.8 Å². The van der Waals surface area contributed by atoms with Gasteiger partial charge in [-0.2, -0.15) is 0 Å². The number of hydrogen-bond donors (Lipinski definition) is 3. The maximum atomic E-state index is 11.3. The third-order valence-electron chi connectivity index (χ3n) is 2.42. The summed E-state index contributed by atoms with van der Waals surface area (Å²) in [7, 11) is 0. The van der Waals surface area contributed by atoms with Crippen molar-refractivity contribution >= 4 is 17.8 Å². The SMILES string of the molecule is CC(C)CCC(=O)NCC(=O)NCC(C)C(=O)O. The second kappa shape index (κ2) is 8.49. The van der Waals surface area contributed by atoms with Crippen LogP contribution in [-0.4, -0.2) is 36.0 Å². The third kappa shape index (κ3) is 8.55. The van der Waals surface area contributed by atoms with Gasteiger partial charge in [-0.05, 0) is 12.3 Å². The highest BCUT2D eigenvalue weighted by Gasteiger charge is 2.12. The van der Waals surface area contributed by atoms with Crippen LogP contribution in [0.5, 0.6) is 0 Å². The Balaban J connectivity index is 3.70. The van der Waals surface area contributed by atoms with Crippen molar-refractivity contribution in [3.8, 4) is 0 Å². The minimum absolute atomic E-state index is 0.0655. The lowest BCUT2D eigenvalue weighted by Crippen LogP contribution is -2.39. The van der Waals surface area contributed by atoms with E-state index in [-0.39, 0.29) is 24.9 Å². The smallest absolute Gasteiger partial charge is 0.308 e. The molecule has 0 saturated heterocycles. The standard InChI is InChI=1S/C12H22N2O4/c1-8(2)4-5-10(15)14-7-11(16)13-6-9(3)12(17)18/h8-9H,4-7H2,1-3H3,(H,13,16)(H,14,15)(H,17,18). The molecule has 0 aliphatic rings. The molecule has 0 aromatic carbocycles. The van der Waals surface area contributed by atoms with Gasteiger partial charge in [-0.25, -0.2) is 0 Å². The quantitative estimate of drug-likeness (QED) is 0.586. The molecule has 0 fully saturated rings. The Bertz CT molecular complexity index is 302. The van der Waals surface area contributed by atoms with Crippen molar-refractivity contribution in [3.63, 3.8) is 0 Å². The highest BCUT2D eigenvalue weighted by atomic mass is 16.4. The van der Waals surface area contributed by atoms with Gasteiger partial charge in [0.25, 0.3) is 0 Å². The number of amides is 2. The van der Waals surface area contributed by atoms with Crippen LogP contribution in [0.25, 0.3) is 0 Å². The fourth-order valence-corrected chi connectivity index (χ4v) is 1.10. The van der Waals surface area contributed by atoms with E-state index >= 15 is 0 Å². The summed E-state index contributed by atoms with van der Waals surface area (Å²) < 4.78 is 0. The van der Waals surface area contributed by atoms with Gasteiger partial charge >= 0.3 is 5.97 Å². The molecule has 6 nitrogen and oxygen atoms in total. The molecule has 3 N–H and O–H groups in total. The highest BCUT2D eigenvalue weighted by molar-refractivity contribution is 5.84. The summed E-state index contributed by atoms with van der Waals surface area (Å²) in [6, 6.07) is 0. The molecule has 2 amide bonds. The van der Waals surface area contributed by atoms with Crippen LogP contribution in [0.4, 0.5) is 0 Å². The summed E-state index contributed by atoms with van der Waals surface area (Å²) in [5.41, 5.74) is 0. The molecule has 0 bridgehead atoms. The summed E-state index contributed by atoms with van der Waals surface area (Å²) in [6.07, 6.45) is 1.18. The molecule has 0 aromatic rings. The van der Waals surface area contributed by atoms with Crippen molar-refractivity contribution in [1.29, 1.82) is 0 Å². The van der Waals surface area contributed by atoms with Gasteiger partial charge in [0, 0.05) is 13.0 Å². The molecule has 104 valence electrons. The Morgan fingerprint density at radius 1 is 1.06 bits per heavy atom. The van der Waals surface area contributed by atoms with Gasteiger partial charge in [0.1, 0.15) is 0 Å². The van der Waals surface area contributed by atoms with Crippen LogP contribution in [0.3, 0.4) is 0 Å². The van der Waals surface area contributed by atoms with Crippen LogP contribution >= 0.6 is 0 Å². The van der Waals surface area contributed by atoms with Gasteiger partial charge in [0.05, 0.1) is 12.5 Å². The number of hydrogen-bond acceptors (Lipinski definition) is 3. The zero-order chi connectivity index (χ0) is 14.1. The van der Waals surface area contributed by atoms with Crippen molar-refractivity contribution in [1.82, 2.24) is 10.6 Å². The van der Waals surface area contributed by atoms with Gasteiger partial charge in [0.15, 0.2) is 0 Å². The van der Waals surface area contributed by atoms with E-state index in [1.165, 1.54) is 6.92 Å². The molecule has 0 aromatic heterocycles. The molecule has 0 spiro atoms. The van der Waals surface area contributed by atoms with Crippen molar-refractivity contribution in [2.24, 2.45) is 11.8 Å². The van der Waals surface area contributed by atoms with Crippen molar-refractivity contribution in [2.45, 2.75) is 33.6 Å². The molecule has 0 aliphatic carbocycles. The van der Waals surface area contributed by atoms with Crippen molar-refractivity contribution in [2.75, 3.05) is 13.1 Å². The molecule has 0 heterocycles. The number of carbonyl (C=O) groups is 3. The Hall–Kier alpha value is -1.59. The van der Waals surface area contributed by atoms with Crippen LogP contribution in [0.15, 0.2) is 0 Å². The molecule has 1 unspecified atom stereocenters. The third-order valence-corrected chi connectivity index (χ3v) is 2.42. The predicted octanol–water partition coefficient (Wildman–Crippen LogP) is 0.376. The topological polar surface area (TPSA) is 95.5 Å². The van der Waals surface area contributed by atoms with E-state index in [4.69, 9.17) is 5.11 Å². The van der Waals surface area contributed by atoms with Gasteiger partial charge in [0.2, 0.25) is 11.8 Å². The average molecular weight is 258 g/mol. The molecule has 6 heteroatoms. The number of carboxylic acids is 1. The molecule has 1 atom stereocenters. The largest absolute Gasteiger partial charge is 0.481 e. The summed E-state index contributed by atoms with van der Waals surface area (Å²) in [4.78, 5) is 33.1. The first-order valence-corrected chi connectivity index (χ1v) is 6.09. The monoisotopic (exact) mass is 258 g/mol. The summed E-state index contributed by atoms with van der Waals surface area (Å²) >= 11 is 0. The number of carbonyl (C=O) groups excluding carboxylic acids is 2. The lowest BCUT2D eigenvalue weighted by Gasteiger charge is -2.09. The first-order valence-electron chi connectivity index (χ1n) is 6.09. The molecule has 18 heavy (non-hydrogen) atoms. The zero-order valence-electron chi connectivity index (χ0n) is 11.2. The minimum Gasteiger partial charge on any atom is -0.481 e. The first kappa shape index (κ1) is 16.4. The minimum atomic E-state index is -0.962. The van der Waals surface area contributed by atoms with Crippen molar-refractivity contribution < 1.29 is 19.5 Å². The molecule has 0 aliphatic heterocycles. The second-order valence-electron chi connectivity index (χ2n) is 4.75. The Morgan fingerprint density at radius 2 is 1.67 bits per heavy atom. The van der Waals surface area contributed by atoms with E-state index in [1.54, 1.807) is 0 Å². The van der Waals surface area contributed by atoms with E-state index in [0.29, 0.717) is 12.3 Å². The molecule has 0 rings (SSSR count). The van der Waals surface area contributed by atoms with Gasteiger partial charge in [-0.1, -0.05) is 20.8 Å². The number of rotatable bonds is 8. The summed E-state index contributed by atoms with van der Waals surface area (Å²) in [5.74, 6) is -1.69. The van der Waals surface area contributed by atoms with Crippen molar-refractivity contribution in [3.05, 3.63) is 0 Å².